The fraction of sp³-hybridized carbons (Fsp3) is 0.357. The SMILES string of the molecule is C=C(C)CC(=O)CC(C)c1ccc(N)cc1. The molecule has 0 aromatic heterocycles. The quantitative estimate of drug-likeness (QED) is 0.607. The zero-order valence-electron chi connectivity index (χ0n) is 9.99. The van der Waals surface area contributed by atoms with Crippen LogP contribution in [0.5, 0.6) is 0 Å². The van der Waals surface area contributed by atoms with E-state index in [1.807, 2.05) is 31.2 Å². The molecule has 1 aromatic carbocycles. The lowest BCUT2D eigenvalue weighted by Gasteiger charge is -2.11. The Morgan fingerprint density at radius 3 is 2.44 bits per heavy atom. The van der Waals surface area contributed by atoms with Gasteiger partial charge in [0.05, 0.1) is 0 Å². The molecule has 0 amide bonds. The van der Waals surface area contributed by atoms with Crippen LogP contribution < -0.4 is 5.73 Å². The first-order chi connectivity index (χ1) is 7.49. The molecule has 2 nitrogen and oxygen atoms in total. The molecule has 2 N–H and O–H groups in total. The molecule has 0 bridgehead atoms. The van der Waals surface area contributed by atoms with Crippen molar-refractivity contribution in [2.45, 2.75) is 32.6 Å². The molecule has 0 aliphatic carbocycles. The third-order valence-electron chi connectivity index (χ3n) is 2.54. The van der Waals surface area contributed by atoms with Crippen molar-refractivity contribution in [3.05, 3.63) is 42.0 Å². The van der Waals surface area contributed by atoms with Crippen molar-refractivity contribution in [2.24, 2.45) is 0 Å². The monoisotopic (exact) mass is 217 g/mol. The first kappa shape index (κ1) is 12.5. The maximum atomic E-state index is 11.6. The van der Waals surface area contributed by atoms with E-state index in [0.29, 0.717) is 12.8 Å². The summed E-state index contributed by atoms with van der Waals surface area (Å²) in [5, 5.41) is 0. The molecule has 1 aromatic rings. The Bertz CT molecular complexity index is 378. The molecular formula is C14H19NO. The highest BCUT2D eigenvalue weighted by molar-refractivity contribution is 5.81. The highest BCUT2D eigenvalue weighted by Gasteiger charge is 2.11. The molecule has 0 heterocycles. The van der Waals surface area contributed by atoms with Gasteiger partial charge in [-0.2, -0.15) is 0 Å². The Hall–Kier alpha value is -1.57. The number of rotatable bonds is 5. The smallest absolute Gasteiger partial charge is 0.137 e. The normalized spacial score (nSPS) is 12.1. The summed E-state index contributed by atoms with van der Waals surface area (Å²) in [6, 6.07) is 7.70. The average Bonchev–Trinajstić information content (AvgIpc) is 2.16. The summed E-state index contributed by atoms with van der Waals surface area (Å²) in [4.78, 5) is 11.6. The van der Waals surface area contributed by atoms with E-state index in [9.17, 15) is 4.79 Å². The molecule has 1 rings (SSSR count). The van der Waals surface area contributed by atoms with Crippen LogP contribution in [0.1, 0.15) is 38.2 Å². The highest BCUT2D eigenvalue weighted by Crippen LogP contribution is 2.21. The van der Waals surface area contributed by atoms with Crippen molar-refractivity contribution in [3.8, 4) is 0 Å². The maximum absolute atomic E-state index is 11.6. The van der Waals surface area contributed by atoms with Gasteiger partial charge >= 0.3 is 0 Å². The van der Waals surface area contributed by atoms with Gasteiger partial charge in [0, 0.05) is 18.5 Å². The predicted molar refractivity (Wildman–Crippen MR) is 68.3 cm³/mol. The van der Waals surface area contributed by atoms with Gasteiger partial charge < -0.3 is 5.73 Å². The minimum absolute atomic E-state index is 0.243. The van der Waals surface area contributed by atoms with Gasteiger partial charge in [0.15, 0.2) is 0 Å². The third kappa shape index (κ3) is 3.89. The van der Waals surface area contributed by atoms with Crippen LogP contribution in [0.3, 0.4) is 0 Å². The first-order valence-electron chi connectivity index (χ1n) is 5.50. The summed E-state index contributed by atoms with van der Waals surface area (Å²) in [6.45, 7) is 7.69. The average molecular weight is 217 g/mol. The summed E-state index contributed by atoms with van der Waals surface area (Å²) in [6.07, 6.45) is 1.05. The molecule has 1 unspecified atom stereocenters. The lowest BCUT2D eigenvalue weighted by Crippen LogP contribution is -2.04. The Kier molecular flexibility index (Phi) is 4.29. The number of anilines is 1. The van der Waals surface area contributed by atoms with Gasteiger partial charge in [-0.15, -0.1) is 0 Å². The van der Waals surface area contributed by atoms with E-state index >= 15 is 0 Å². The fourth-order valence-electron chi connectivity index (χ4n) is 1.69. The van der Waals surface area contributed by atoms with E-state index in [-0.39, 0.29) is 11.7 Å². The van der Waals surface area contributed by atoms with E-state index in [2.05, 4.69) is 13.5 Å². The summed E-state index contributed by atoms with van der Waals surface area (Å²) in [5.74, 6) is 0.490. The zero-order valence-corrected chi connectivity index (χ0v) is 9.99. The van der Waals surface area contributed by atoms with E-state index in [1.54, 1.807) is 0 Å². The minimum Gasteiger partial charge on any atom is -0.399 e. The van der Waals surface area contributed by atoms with Crippen molar-refractivity contribution in [1.29, 1.82) is 0 Å². The number of allylic oxidation sites excluding steroid dienone is 1. The van der Waals surface area contributed by atoms with Crippen LogP contribution in [-0.4, -0.2) is 5.78 Å². The van der Waals surface area contributed by atoms with Gasteiger partial charge in [0.2, 0.25) is 0 Å². The van der Waals surface area contributed by atoms with Crippen LogP contribution in [0.25, 0.3) is 0 Å². The largest absolute Gasteiger partial charge is 0.399 e. The van der Waals surface area contributed by atoms with Gasteiger partial charge in [0.1, 0.15) is 5.78 Å². The standard InChI is InChI=1S/C14H19NO/c1-10(2)8-14(16)9-11(3)12-4-6-13(15)7-5-12/h4-7,11H,1,8-9,15H2,2-3H3. The molecule has 86 valence electrons. The van der Waals surface area contributed by atoms with E-state index < -0.39 is 0 Å². The molecule has 0 saturated heterocycles. The van der Waals surface area contributed by atoms with Crippen molar-refractivity contribution in [1.82, 2.24) is 0 Å². The highest BCUT2D eigenvalue weighted by atomic mass is 16.1. The second-order valence-corrected chi connectivity index (χ2v) is 4.44. The van der Waals surface area contributed by atoms with E-state index in [1.165, 1.54) is 0 Å². The Labute approximate surface area is 97.2 Å². The molecule has 16 heavy (non-hydrogen) atoms. The number of hydrogen-bond donors (Lipinski definition) is 1. The number of Topliss-reactive ketones (excluding diaryl/α,β-unsaturated/α-hetero) is 1. The predicted octanol–water partition coefficient (Wildman–Crippen LogP) is 3.30. The van der Waals surface area contributed by atoms with E-state index in [0.717, 1.165) is 16.8 Å². The van der Waals surface area contributed by atoms with Crippen LogP contribution >= 0.6 is 0 Å². The number of hydrogen-bond acceptors (Lipinski definition) is 2. The molecule has 2 heteroatoms. The van der Waals surface area contributed by atoms with Crippen LogP contribution in [0, 0.1) is 0 Å². The molecule has 0 spiro atoms. The fourth-order valence-corrected chi connectivity index (χ4v) is 1.69. The summed E-state index contributed by atoms with van der Waals surface area (Å²) >= 11 is 0. The van der Waals surface area contributed by atoms with E-state index in [4.69, 9.17) is 5.73 Å². The lowest BCUT2D eigenvalue weighted by atomic mass is 9.94. The summed E-state index contributed by atoms with van der Waals surface area (Å²) < 4.78 is 0. The van der Waals surface area contributed by atoms with Crippen LogP contribution in [0.2, 0.25) is 0 Å². The molecule has 0 aliphatic rings. The summed E-state index contributed by atoms with van der Waals surface area (Å²) in [7, 11) is 0. The number of nitrogen functional groups attached to an aromatic ring is 1. The second-order valence-electron chi connectivity index (χ2n) is 4.44. The lowest BCUT2D eigenvalue weighted by molar-refractivity contribution is -0.118. The molecule has 0 saturated carbocycles. The summed E-state index contributed by atoms with van der Waals surface area (Å²) in [5.41, 5.74) is 8.45. The molecule has 0 aliphatic heterocycles. The number of carbonyl (C=O) groups is 1. The van der Waals surface area contributed by atoms with Crippen molar-refractivity contribution in [3.63, 3.8) is 0 Å². The Balaban J connectivity index is 2.58. The molecule has 0 fully saturated rings. The van der Waals surface area contributed by atoms with Gasteiger partial charge in [-0.1, -0.05) is 31.2 Å². The van der Waals surface area contributed by atoms with Crippen LogP contribution in [0.4, 0.5) is 5.69 Å². The zero-order chi connectivity index (χ0) is 12.1. The number of ketones is 1. The number of carbonyl (C=O) groups excluding carboxylic acids is 1. The molecule has 1 atom stereocenters. The Morgan fingerprint density at radius 1 is 1.38 bits per heavy atom. The van der Waals surface area contributed by atoms with Crippen LogP contribution in [-0.2, 0) is 4.79 Å². The van der Waals surface area contributed by atoms with Gasteiger partial charge in [0.25, 0.3) is 0 Å². The van der Waals surface area contributed by atoms with Crippen molar-refractivity contribution < 1.29 is 4.79 Å². The number of benzene rings is 1. The second kappa shape index (κ2) is 5.50. The molecular weight excluding hydrogens is 198 g/mol. The van der Waals surface area contributed by atoms with Gasteiger partial charge in [-0.25, -0.2) is 0 Å². The first-order valence-corrected chi connectivity index (χ1v) is 5.50. The minimum atomic E-state index is 0.243. The number of nitrogens with two attached hydrogens (primary N) is 1. The van der Waals surface area contributed by atoms with Crippen molar-refractivity contribution in [2.75, 3.05) is 5.73 Å². The third-order valence-corrected chi connectivity index (χ3v) is 2.54. The van der Waals surface area contributed by atoms with Crippen molar-refractivity contribution >= 4 is 11.5 Å². The Morgan fingerprint density at radius 2 is 1.94 bits per heavy atom. The molecule has 0 radical (unpaired) electrons. The van der Waals surface area contributed by atoms with Crippen LogP contribution in [0.15, 0.2) is 36.4 Å². The van der Waals surface area contributed by atoms with Gasteiger partial charge in [-0.05, 0) is 30.5 Å². The van der Waals surface area contributed by atoms with Gasteiger partial charge in [-0.3, -0.25) is 4.79 Å². The maximum Gasteiger partial charge on any atom is 0.137 e. The topological polar surface area (TPSA) is 43.1 Å².